The first kappa shape index (κ1) is 19.6. The van der Waals surface area contributed by atoms with E-state index >= 15 is 0 Å². The number of aryl methyl sites for hydroxylation is 1. The highest BCUT2D eigenvalue weighted by Gasteiger charge is 2.26. The molecule has 0 radical (unpaired) electrons. The van der Waals surface area contributed by atoms with Crippen LogP contribution in [0.15, 0.2) is 29.6 Å². The second-order valence-electron chi connectivity index (χ2n) is 7.86. The number of hydrogen-bond acceptors (Lipinski definition) is 4. The van der Waals surface area contributed by atoms with Crippen LogP contribution in [0.2, 0.25) is 0 Å². The molecular weight excluding hydrogens is 330 g/mol. The fraction of sp³-hybridized carbons (Fsp3) is 0.500. The van der Waals surface area contributed by atoms with Gasteiger partial charge in [0.1, 0.15) is 5.01 Å². The summed E-state index contributed by atoms with van der Waals surface area (Å²) in [5, 5.41) is 6.24. The topological polar surface area (TPSA) is 45.2 Å². The Kier molecular flexibility index (Phi) is 6.36. The molecule has 1 aromatic heterocycles. The van der Waals surface area contributed by atoms with Gasteiger partial charge in [0.2, 0.25) is 0 Å². The Bertz CT molecular complexity index is 698. The maximum absolute atomic E-state index is 12.7. The number of nitrogens with one attached hydrogen (secondary N) is 1. The molecule has 1 heterocycles. The molecule has 0 bridgehead atoms. The summed E-state index contributed by atoms with van der Waals surface area (Å²) in [6.45, 7) is 9.44. The molecule has 0 aliphatic rings. The molecule has 5 heteroatoms. The lowest BCUT2D eigenvalue weighted by atomic mass is 9.84. The van der Waals surface area contributed by atoms with Gasteiger partial charge in [-0.3, -0.25) is 4.79 Å². The standard InChI is InChI=1S/C20H29N3OS/c1-14-13-25-19(21-14)16-9-7-15(8-10-16)18(24)22-17(20(2,3)4)11-12-23(5)6/h7-10,13,17H,11-12H2,1-6H3,(H,22,24). The van der Waals surface area contributed by atoms with Gasteiger partial charge < -0.3 is 10.2 Å². The molecule has 1 amide bonds. The van der Waals surface area contributed by atoms with Crippen molar-refractivity contribution in [3.63, 3.8) is 0 Å². The number of benzene rings is 1. The van der Waals surface area contributed by atoms with E-state index in [0.717, 1.165) is 29.2 Å². The van der Waals surface area contributed by atoms with E-state index < -0.39 is 0 Å². The third-order valence-corrected chi connectivity index (χ3v) is 5.24. The van der Waals surface area contributed by atoms with Gasteiger partial charge in [0.15, 0.2) is 0 Å². The maximum Gasteiger partial charge on any atom is 0.251 e. The van der Waals surface area contributed by atoms with Gasteiger partial charge in [-0.05, 0) is 51.5 Å². The summed E-state index contributed by atoms with van der Waals surface area (Å²) in [7, 11) is 4.11. The number of amides is 1. The zero-order valence-electron chi connectivity index (χ0n) is 16.1. The largest absolute Gasteiger partial charge is 0.349 e. The SMILES string of the molecule is Cc1csc(-c2ccc(C(=O)NC(CCN(C)C)C(C)(C)C)cc2)n1. The fourth-order valence-electron chi connectivity index (χ4n) is 2.60. The van der Waals surface area contributed by atoms with E-state index in [1.165, 1.54) is 0 Å². The molecule has 2 aromatic rings. The fourth-order valence-corrected chi connectivity index (χ4v) is 3.41. The zero-order valence-corrected chi connectivity index (χ0v) is 16.9. The van der Waals surface area contributed by atoms with Gasteiger partial charge >= 0.3 is 0 Å². The summed E-state index contributed by atoms with van der Waals surface area (Å²) < 4.78 is 0. The van der Waals surface area contributed by atoms with E-state index in [0.29, 0.717) is 5.56 Å². The molecule has 1 unspecified atom stereocenters. The van der Waals surface area contributed by atoms with Crippen LogP contribution in [-0.2, 0) is 0 Å². The minimum Gasteiger partial charge on any atom is -0.349 e. The van der Waals surface area contributed by atoms with Gasteiger partial charge in [-0.1, -0.05) is 32.9 Å². The summed E-state index contributed by atoms with van der Waals surface area (Å²) in [5.41, 5.74) is 2.78. The number of carbonyl (C=O) groups is 1. The molecule has 25 heavy (non-hydrogen) atoms. The van der Waals surface area contributed by atoms with E-state index in [4.69, 9.17) is 0 Å². The highest BCUT2D eigenvalue weighted by Crippen LogP contribution is 2.25. The smallest absolute Gasteiger partial charge is 0.251 e. The molecule has 0 fully saturated rings. The van der Waals surface area contributed by atoms with Gasteiger partial charge in [-0.2, -0.15) is 0 Å². The summed E-state index contributed by atoms with van der Waals surface area (Å²) in [5.74, 6) is -0.0134. The predicted molar refractivity (Wildman–Crippen MR) is 106 cm³/mol. The number of hydrogen-bond donors (Lipinski definition) is 1. The molecule has 0 saturated heterocycles. The molecule has 0 saturated carbocycles. The number of rotatable bonds is 6. The molecule has 1 aromatic carbocycles. The van der Waals surface area contributed by atoms with Crippen molar-refractivity contribution in [2.24, 2.45) is 5.41 Å². The quantitative estimate of drug-likeness (QED) is 0.840. The van der Waals surface area contributed by atoms with Crippen LogP contribution in [0.5, 0.6) is 0 Å². The zero-order chi connectivity index (χ0) is 18.6. The van der Waals surface area contributed by atoms with E-state index in [-0.39, 0.29) is 17.4 Å². The third kappa shape index (κ3) is 5.65. The molecule has 0 aliphatic heterocycles. The highest BCUT2D eigenvalue weighted by atomic mass is 32.1. The first-order valence-corrected chi connectivity index (χ1v) is 9.53. The second-order valence-corrected chi connectivity index (χ2v) is 8.71. The average Bonchev–Trinajstić information content (AvgIpc) is 2.96. The van der Waals surface area contributed by atoms with Crippen LogP contribution in [0.3, 0.4) is 0 Å². The normalized spacial score (nSPS) is 13.1. The monoisotopic (exact) mass is 359 g/mol. The van der Waals surface area contributed by atoms with Crippen molar-refractivity contribution >= 4 is 17.2 Å². The number of aromatic nitrogens is 1. The van der Waals surface area contributed by atoms with Crippen LogP contribution in [0.1, 0.15) is 43.2 Å². The lowest BCUT2D eigenvalue weighted by Crippen LogP contribution is -2.45. The molecule has 136 valence electrons. The van der Waals surface area contributed by atoms with Gasteiger partial charge in [-0.15, -0.1) is 11.3 Å². The van der Waals surface area contributed by atoms with Gasteiger partial charge in [0.05, 0.1) is 0 Å². The Morgan fingerprint density at radius 1 is 1.24 bits per heavy atom. The first-order chi connectivity index (χ1) is 11.7. The summed E-state index contributed by atoms with van der Waals surface area (Å²) >= 11 is 1.62. The average molecular weight is 360 g/mol. The van der Waals surface area contributed by atoms with Crippen LogP contribution < -0.4 is 5.32 Å². The number of carbonyl (C=O) groups excluding carboxylic acids is 1. The Morgan fingerprint density at radius 2 is 1.88 bits per heavy atom. The third-order valence-electron chi connectivity index (χ3n) is 4.23. The van der Waals surface area contributed by atoms with Crippen LogP contribution >= 0.6 is 11.3 Å². The first-order valence-electron chi connectivity index (χ1n) is 8.65. The number of nitrogens with zero attached hydrogens (tertiary/aromatic N) is 2. The predicted octanol–water partition coefficient (Wildman–Crippen LogP) is 4.21. The minimum absolute atomic E-state index is 0.0134. The summed E-state index contributed by atoms with van der Waals surface area (Å²) in [6.07, 6.45) is 0.929. The van der Waals surface area contributed by atoms with Gasteiger partial charge in [0, 0.05) is 28.2 Å². The highest BCUT2D eigenvalue weighted by molar-refractivity contribution is 7.13. The Labute approximate surface area is 155 Å². The van der Waals surface area contributed by atoms with Crippen molar-refractivity contribution in [1.82, 2.24) is 15.2 Å². The second kappa shape index (κ2) is 8.11. The van der Waals surface area contributed by atoms with E-state index in [1.807, 2.05) is 36.6 Å². The Hall–Kier alpha value is -1.72. The van der Waals surface area contributed by atoms with Crippen molar-refractivity contribution in [3.05, 3.63) is 40.9 Å². The van der Waals surface area contributed by atoms with Crippen LogP contribution in [0.4, 0.5) is 0 Å². The molecule has 0 spiro atoms. The van der Waals surface area contributed by atoms with Crippen LogP contribution in [0, 0.1) is 12.3 Å². The van der Waals surface area contributed by atoms with Crippen molar-refractivity contribution in [1.29, 1.82) is 0 Å². The molecule has 1 atom stereocenters. The van der Waals surface area contributed by atoms with E-state index in [1.54, 1.807) is 11.3 Å². The van der Waals surface area contributed by atoms with Gasteiger partial charge in [0.25, 0.3) is 5.91 Å². The molecule has 1 N–H and O–H groups in total. The number of thiazole rings is 1. The lowest BCUT2D eigenvalue weighted by Gasteiger charge is -2.32. The maximum atomic E-state index is 12.7. The van der Waals surface area contributed by atoms with Crippen LogP contribution in [0.25, 0.3) is 10.6 Å². The van der Waals surface area contributed by atoms with Gasteiger partial charge in [-0.25, -0.2) is 4.98 Å². The van der Waals surface area contributed by atoms with Crippen LogP contribution in [-0.4, -0.2) is 42.5 Å². The molecule has 2 rings (SSSR count). The molecule has 4 nitrogen and oxygen atoms in total. The lowest BCUT2D eigenvalue weighted by molar-refractivity contribution is 0.0893. The Morgan fingerprint density at radius 3 is 2.36 bits per heavy atom. The molecular formula is C20H29N3OS. The van der Waals surface area contributed by atoms with Crippen molar-refractivity contribution in [2.75, 3.05) is 20.6 Å². The Balaban J connectivity index is 2.08. The summed E-state index contributed by atoms with van der Waals surface area (Å²) in [4.78, 5) is 19.3. The van der Waals surface area contributed by atoms with Crippen molar-refractivity contribution < 1.29 is 4.79 Å². The minimum atomic E-state index is -0.0134. The summed E-state index contributed by atoms with van der Waals surface area (Å²) in [6, 6.07) is 7.84. The van der Waals surface area contributed by atoms with E-state index in [2.05, 4.69) is 50.1 Å². The molecule has 0 aliphatic carbocycles. The van der Waals surface area contributed by atoms with Crippen molar-refractivity contribution in [2.45, 2.75) is 40.2 Å². The van der Waals surface area contributed by atoms with Crippen molar-refractivity contribution in [3.8, 4) is 10.6 Å². The van der Waals surface area contributed by atoms with E-state index in [9.17, 15) is 4.79 Å².